The number of hydrogen-bond acceptors (Lipinski definition) is 2. The van der Waals surface area contributed by atoms with Crippen molar-refractivity contribution in [3.8, 4) is 0 Å². The molecule has 0 fully saturated rings. The van der Waals surface area contributed by atoms with Crippen molar-refractivity contribution in [1.82, 2.24) is 4.42 Å². The number of halogens is 1. The van der Waals surface area contributed by atoms with Crippen LogP contribution in [-0.2, 0) is 4.79 Å². The summed E-state index contributed by atoms with van der Waals surface area (Å²) in [6, 6.07) is 0. The van der Waals surface area contributed by atoms with Gasteiger partial charge in [-0.1, -0.05) is 103 Å². The fourth-order valence-corrected chi connectivity index (χ4v) is 3.28. The second-order valence-corrected chi connectivity index (χ2v) is 7.52. The average molecular weight is 362 g/mol. The van der Waals surface area contributed by atoms with Gasteiger partial charge >= 0.3 is 5.97 Å². The van der Waals surface area contributed by atoms with E-state index in [-0.39, 0.29) is 6.54 Å². The zero-order valence-corrected chi connectivity index (χ0v) is 16.7. The molecule has 0 heterocycles. The van der Waals surface area contributed by atoms with Crippen LogP contribution in [0.15, 0.2) is 0 Å². The Balaban J connectivity index is 3.06. The molecule has 1 N–H and O–H groups in total. The van der Waals surface area contributed by atoms with Gasteiger partial charge in [0.2, 0.25) is 0 Å². The number of unbranched alkanes of at least 4 members (excludes halogenated alkanes) is 15. The number of nitrogens with zero attached hydrogens (tertiary/aromatic N) is 1. The van der Waals surface area contributed by atoms with Crippen molar-refractivity contribution in [1.29, 1.82) is 0 Å². The first-order valence-electron chi connectivity index (χ1n) is 10.3. The van der Waals surface area contributed by atoms with Crippen LogP contribution < -0.4 is 0 Å². The zero-order valence-electron chi connectivity index (χ0n) is 15.9. The molecule has 0 amide bonds. The van der Waals surface area contributed by atoms with Crippen molar-refractivity contribution in [2.45, 2.75) is 110 Å². The first-order chi connectivity index (χ1) is 11.7. The summed E-state index contributed by atoms with van der Waals surface area (Å²) in [5, 5.41) is 8.59. The molecule has 0 spiro atoms. The maximum atomic E-state index is 10.5. The molecule has 24 heavy (non-hydrogen) atoms. The summed E-state index contributed by atoms with van der Waals surface area (Å²) >= 11 is 5.79. The molecule has 0 aromatic heterocycles. The minimum atomic E-state index is -0.860. The van der Waals surface area contributed by atoms with Crippen molar-refractivity contribution >= 4 is 17.7 Å². The lowest BCUT2D eigenvalue weighted by atomic mass is 10.0. The minimum absolute atomic E-state index is 0.0692. The minimum Gasteiger partial charge on any atom is -0.480 e. The van der Waals surface area contributed by atoms with Gasteiger partial charge in [0.15, 0.2) is 0 Å². The van der Waals surface area contributed by atoms with Crippen molar-refractivity contribution in [3.63, 3.8) is 0 Å². The van der Waals surface area contributed by atoms with Crippen LogP contribution in [0.5, 0.6) is 0 Å². The topological polar surface area (TPSA) is 40.5 Å². The predicted molar refractivity (Wildman–Crippen MR) is 105 cm³/mol. The maximum absolute atomic E-state index is 10.5. The Morgan fingerprint density at radius 3 is 1.38 bits per heavy atom. The van der Waals surface area contributed by atoms with Gasteiger partial charge in [-0.15, -0.1) is 0 Å². The molecule has 0 aliphatic heterocycles. The maximum Gasteiger partial charge on any atom is 0.319 e. The van der Waals surface area contributed by atoms with Gasteiger partial charge in [-0.05, 0) is 18.2 Å². The average Bonchev–Trinajstić information content (AvgIpc) is 2.53. The van der Waals surface area contributed by atoms with E-state index in [1.807, 2.05) is 0 Å². The molecule has 0 aliphatic carbocycles. The number of carboxylic acids is 1. The number of aliphatic carboxylic acids is 1. The highest BCUT2D eigenvalue weighted by Gasteiger charge is 2.05. The Labute approximate surface area is 155 Å². The van der Waals surface area contributed by atoms with E-state index in [0.29, 0.717) is 6.54 Å². The molecular weight excluding hydrogens is 322 g/mol. The van der Waals surface area contributed by atoms with E-state index in [1.165, 1.54) is 94.3 Å². The number of carbonyl (C=O) groups is 1. The fourth-order valence-electron chi connectivity index (χ4n) is 3.06. The summed E-state index contributed by atoms with van der Waals surface area (Å²) in [4.78, 5) is 10.5. The predicted octanol–water partition coefficient (Wildman–Crippen LogP) is 6.79. The Morgan fingerprint density at radius 1 is 0.708 bits per heavy atom. The Morgan fingerprint density at radius 2 is 1.04 bits per heavy atom. The van der Waals surface area contributed by atoms with E-state index in [4.69, 9.17) is 16.9 Å². The second-order valence-electron chi connectivity index (χ2n) is 7.04. The molecule has 0 aromatic rings. The van der Waals surface area contributed by atoms with Crippen LogP contribution in [-0.4, -0.2) is 28.6 Å². The van der Waals surface area contributed by atoms with Crippen LogP contribution in [0.1, 0.15) is 110 Å². The normalized spacial score (nSPS) is 11.3. The van der Waals surface area contributed by atoms with Gasteiger partial charge in [-0.2, -0.15) is 0 Å². The Hall–Kier alpha value is -0.280. The molecule has 144 valence electrons. The van der Waals surface area contributed by atoms with E-state index in [9.17, 15) is 4.79 Å². The van der Waals surface area contributed by atoms with Gasteiger partial charge in [0.1, 0.15) is 6.54 Å². The van der Waals surface area contributed by atoms with Gasteiger partial charge in [-0.25, -0.2) is 4.42 Å². The molecule has 0 atom stereocenters. The Kier molecular flexibility index (Phi) is 18.8. The van der Waals surface area contributed by atoms with Crippen molar-refractivity contribution in [3.05, 3.63) is 0 Å². The van der Waals surface area contributed by atoms with Crippen molar-refractivity contribution < 1.29 is 9.90 Å². The molecule has 0 bridgehead atoms. The van der Waals surface area contributed by atoms with Gasteiger partial charge in [-0.3, -0.25) is 4.79 Å². The van der Waals surface area contributed by atoms with E-state index >= 15 is 0 Å². The number of rotatable bonds is 19. The quantitative estimate of drug-likeness (QED) is 0.203. The molecule has 0 unspecified atom stereocenters. The smallest absolute Gasteiger partial charge is 0.319 e. The van der Waals surface area contributed by atoms with Crippen LogP contribution in [0.3, 0.4) is 0 Å². The summed E-state index contributed by atoms with van der Waals surface area (Å²) in [5.41, 5.74) is 0. The van der Waals surface area contributed by atoms with Gasteiger partial charge in [0.25, 0.3) is 0 Å². The first kappa shape index (κ1) is 23.7. The largest absolute Gasteiger partial charge is 0.480 e. The molecule has 4 heteroatoms. The third-order valence-electron chi connectivity index (χ3n) is 4.56. The Bertz CT molecular complexity index is 274. The highest BCUT2D eigenvalue weighted by Crippen LogP contribution is 2.13. The van der Waals surface area contributed by atoms with Crippen LogP contribution in [0, 0.1) is 0 Å². The summed E-state index contributed by atoms with van der Waals surface area (Å²) in [6.07, 6.45) is 21.6. The van der Waals surface area contributed by atoms with Crippen LogP contribution in [0.2, 0.25) is 0 Å². The van der Waals surface area contributed by atoms with Gasteiger partial charge in [0.05, 0.1) is 0 Å². The molecule has 0 aliphatic rings. The van der Waals surface area contributed by atoms with Gasteiger partial charge in [0, 0.05) is 6.54 Å². The lowest BCUT2D eigenvalue weighted by Gasteiger charge is -2.10. The summed E-state index contributed by atoms with van der Waals surface area (Å²) in [5.74, 6) is -0.860. The molecular formula is C20H40ClNO2. The summed E-state index contributed by atoms with van der Waals surface area (Å²) in [7, 11) is 0. The monoisotopic (exact) mass is 361 g/mol. The SMILES string of the molecule is CCCCCCCCCCCCCCCCCCN(Cl)CC(=O)O. The fraction of sp³-hybridized carbons (Fsp3) is 0.950. The molecule has 0 saturated carbocycles. The van der Waals surface area contributed by atoms with Crippen LogP contribution in [0.4, 0.5) is 0 Å². The first-order valence-corrected chi connectivity index (χ1v) is 10.6. The molecule has 0 saturated heterocycles. The highest BCUT2D eigenvalue weighted by atomic mass is 35.5. The van der Waals surface area contributed by atoms with Crippen LogP contribution >= 0.6 is 11.8 Å². The molecule has 0 aromatic carbocycles. The molecule has 0 radical (unpaired) electrons. The number of carboxylic acid groups (broad SMARTS) is 1. The molecule has 3 nitrogen and oxygen atoms in total. The number of hydrogen-bond donors (Lipinski definition) is 1. The van der Waals surface area contributed by atoms with E-state index in [2.05, 4.69) is 6.92 Å². The van der Waals surface area contributed by atoms with Gasteiger partial charge < -0.3 is 5.11 Å². The van der Waals surface area contributed by atoms with E-state index in [0.717, 1.165) is 12.8 Å². The van der Waals surface area contributed by atoms with E-state index in [1.54, 1.807) is 0 Å². The van der Waals surface area contributed by atoms with Crippen molar-refractivity contribution in [2.75, 3.05) is 13.1 Å². The second kappa shape index (κ2) is 19.1. The van der Waals surface area contributed by atoms with Crippen molar-refractivity contribution in [2.24, 2.45) is 0 Å². The van der Waals surface area contributed by atoms with E-state index < -0.39 is 5.97 Å². The standard InChI is InChI=1S/C20H40ClNO2/c1-2-3-4-5-6-7-8-9-10-11-12-13-14-15-16-17-18-22(21)19-20(23)24/h2-19H2,1H3,(H,23,24). The third-order valence-corrected chi connectivity index (χ3v) is 4.85. The summed E-state index contributed by atoms with van der Waals surface area (Å²) < 4.78 is 1.37. The molecule has 0 rings (SSSR count). The van der Waals surface area contributed by atoms with Crippen LogP contribution in [0.25, 0.3) is 0 Å². The summed E-state index contributed by atoms with van der Waals surface area (Å²) in [6.45, 7) is 2.88. The lowest BCUT2D eigenvalue weighted by molar-refractivity contribution is -0.137. The third kappa shape index (κ3) is 19.8. The highest BCUT2D eigenvalue weighted by molar-refractivity contribution is 6.14. The zero-order chi connectivity index (χ0) is 17.9. The lowest BCUT2D eigenvalue weighted by Crippen LogP contribution is -2.21.